The zero-order valence-electron chi connectivity index (χ0n) is 18.6. The molecule has 0 unspecified atom stereocenters. The van der Waals surface area contributed by atoms with Gasteiger partial charge >= 0.3 is 7.60 Å². The molecule has 3 N–H and O–H groups in total. The predicted octanol–water partition coefficient (Wildman–Crippen LogP) is 6.26. The third kappa shape index (κ3) is 8.31. The molecule has 0 spiro atoms. The molecule has 4 nitrogen and oxygen atoms in total. The van der Waals surface area contributed by atoms with Gasteiger partial charge in [-0.05, 0) is 85.2 Å². The van der Waals surface area contributed by atoms with Crippen LogP contribution in [0.15, 0.2) is 53.4 Å². The third-order valence-corrected chi connectivity index (χ3v) is 8.39. The van der Waals surface area contributed by atoms with E-state index in [1.165, 1.54) is 61.0 Å². The molecule has 0 atom stereocenters. The Morgan fingerprint density at radius 1 is 0.969 bits per heavy atom. The highest BCUT2D eigenvalue weighted by Gasteiger charge is 2.34. The van der Waals surface area contributed by atoms with E-state index in [0.717, 1.165) is 5.75 Å². The largest absolute Gasteiger partial charge is 0.325 e. The van der Waals surface area contributed by atoms with Gasteiger partial charge in [0.2, 0.25) is 0 Å². The second kappa shape index (κ2) is 12.3. The number of thioether (sulfide) groups is 1. The molecule has 3 rings (SSSR count). The van der Waals surface area contributed by atoms with Gasteiger partial charge in [-0.15, -0.1) is 11.8 Å². The maximum atomic E-state index is 13.3. The van der Waals surface area contributed by atoms with Crippen molar-refractivity contribution in [3.8, 4) is 0 Å². The molecule has 1 fully saturated rings. The summed E-state index contributed by atoms with van der Waals surface area (Å²) >= 11 is 1.89. The van der Waals surface area contributed by atoms with Crippen molar-refractivity contribution in [2.45, 2.75) is 68.2 Å². The summed E-state index contributed by atoms with van der Waals surface area (Å²) in [5.74, 6) is 0.944. The summed E-state index contributed by atoms with van der Waals surface area (Å²) in [6.07, 6.45) is 8.96. The van der Waals surface area contributed by atoms with Crippen molar-refractivity contribution < 1.29 is 18.7 Å². The van der Waals surface area contributed by atoms with Gasteiger partial charge in [-0.2, -0.15) is 0 Å². The summed E-state index contributed by atoms with van der Waals surface area (Å²) < 4.78 is 24.2. The molecule has 2 aromatic rings. The van der Waals surface area contributed by atoms with Crippen molar-refractivity contribution in [2.24, 2.45) is 0 Å². The Morgan fingerprint density at radius 2 is 1.66 bits per heavy atom. The predicted molar refractivity (Wildman–Crippen MR) is 131 cm³/mol. The first-order chi connectivity index (χ1) is 15.4. The lowest BCUT2D eigenvalue weighted by atomic mass is 9.75. The highest BCUT2D eigenvalue weighted by molar-refractivity contribution is 7.99. The van der Waals surface area contributed by atoms with E-state index < -0.39 is 7.60 Å². The van der Waals surface area contributed by atoms with Gasteiger partial charge in [0.1, 0.15) is 5.82 Å². The first-order valence-electron chi connectivity index (χ1n) is 11.6. The van der Waals surface area contributed by atoms with Crippen molar-refractivity contribution >= 4 is 19.4 Å². The summed E-state index contributed by atoms with van der Waals surface area (Å²) in [5.41, 5.74) is 2.74. The first-order valence-corrected chi connectivity index (χ1v) is 14.4. The third-order valence-electron chi connectivity index (χ3n) is 6.39. The number of hydrogen-bond donors (Lipinski definition) is 3. The summed E-state index contributed by atoms with van der Waals surface area (Å²) in [6, 6.07) is 15.7. The molecule has 0 aromatic heterocycles. The average molecular weight is 480 g/mol. The van der Waals surface area contributed by atoms with E-state index in [1.807, 2.05) is 23.9 Å². The van der Waals surface area contributed by atoms with Crippen molar-refractivity contribution in [3.05, 3.63) is 65.5 Å². The molecule has 1 aliphatic rings. The van der Waals surface area contributed by atoms with Crippen LogP contribution in [0.1, 0.15) is 62.5 Å². The Bertz CT molecular complexity index is 864. The number of nitrogens with one attached hydrogen (secondary N) is 1. The fourth-order valence-corrected chi connectivity index (χ4v) is 6.12. The van der Waals surface area contributed by atoms with Gasteiger partial charge < -0.3 is 15.1 Å². The number of halogens is 1. The minimum Gasteiger partial charge on any atom is -0.324 e. The molecule has 7 heteroatoms. The van der Waals surface area contributed by atoms with E-state index >= 15 is 0 Å². The Labute approximate surface area is 195 Å². The van der Waals surface area contributed by atoms with E-state index in [9.17, 15) is 8.96 Å². The summed E-state index contributed by atoms with van der Waals surface area (Å²) in [5, 5.41) is 3.23. The molecule has 32 heavy (non-hydrogen) atoms. The number of rotatable bonds is 13. The van der Waals surface area contributed by atoms with Crippen molar-refractivity contribution in [1.82, 2.24) is 5.32 Å². The lowest BCUT2D eigenvalue weighted by molar-refractivity contribution is 0.371. The smallest absolute Gasteiger partial charge is 0.324 e. The minimum atomic E-state index is -3.88. The van der Waals surface area contributed by atoms with Gasteiger partial charge in [-0.3, -0.25) is 4.57 Å². The van der Waals surface area contributed by atoms with Gasteiger partial charge in [-0.1, -0.05) is 43.5 Å². The van der Waals surface area contributed by atoms with Crippen LogP contribution < -0.4 is 5.32 Å². The molecule has 0 bridgehead atoms. The van der Waals surface area contributed by atoms with Gasteiger partial charge in [0, 0.05) is 11.4 Å². The SMILES string of the molecule is O=P(O)(O)CCCNCc1ccc(SCCCCC2(c3ccc(F)cc3)CCCC2)cc1. The molecule has 0 aliphatic heterocycles. The molecule has 0 radical (unpaired) electrons. The molecular formula is C25H35FNO3PS. The van der Waals surface area contributed by atoms with Crippen molar-refractivity contribution in [3.63, 3.8) is 0 Å². The molecular weight excluding hydrogens is 444 g/mol. The summed E-state index contributed by atoms with van der Waals surface area (Å²) in [6.45, 7) is 1.30. The van der Waals surface area contributed by atoms with Crippen LogP contribution in [0.25, 0.3) is 0 Å². The van der Waals surface area contributed by atoms with E-state index in [2.05, 4.69) is 29.6 Å². The maximum Gasteiger partial charge on any atom is 0.325 e. The zero-order valence-corrected chi connectivity index (χ0v) is 20.4. The molecule has 176 valence electrons. The zero-order chi connectivity index (χ0) is 22.9. The topological polar surface area (TPSA) is 69.6 Å². The highest BCUT2D eigenvalue weighted by Crippen LogP contribution is 2.45. The van der Waals surface area contributed by atoms with E-state index in [1.54, 1.807) is 12.1 Å². The number of benzene rings is 2. The van der Waals surface area contributed by atoms with E-state index in [4.69, 9.17) is 9.79 Å². The van der Waals surface area contributed by atoms with Crippen LogP contribution in [0.5, 0.6) is 0 Å². The van der Waals surface area contributed by atoms with Gasteiger partial charge in [0.25, 0.3) is 0 Å². The molecule has 1 saturated carbocycles. The van der Waals surface area contributed by atoms with Gasteiger partial charge in [0.15, 0.2) is 0 Å². The Hall–Kier alpha value is -1.17. The number of hydrogen-bond acceptors (Lipinski definition) is 3. The lowest BCUT2D eigenvalue weighted by Crippen LogP contribution is -2.22. The molecule has 0 amide bonds. The Morgan fingerprint density at radius 3 is 2.31 bits per heavy atom. The van der Waals surface area contributed by atoms with Crippen molar-refractivity contribution in [1.29, 1.82) is 0 Å². The van der Waals surface area contributed by atoms with Crippen LogP contribution in [0.2, 0.25) is 0 Å². The maximum absolute atomic E-state index is 13.3. The standard InChI is InChI=1S/C25H35FNO3PS/c26-23-10-8-22(9-11-23)25(14-1-2-15-25)16-3-4-19-32-24-12-6-21(7-13-24)20-27-17-5-18-31(28,29)30/h6-13,27H,1-5,14-20H2,(H2,28,29,30). The van der Waals surface area contributed by atoms with Gasteiger partial charge in [-0.25, -0.2) is 4.39 Å². The van der Waals surface area contributed by atoms with Crippen molar-refractivity contribution in [2.75, 3.05) is 18.5 Å². The van der Waals surface area contributed by atoms with Crippen LogP contribution in [-0.2, 0) is 16.5 Å². The monoisotopic (exact) mass is 479 g/mol. The van der Waals surface area contributed by atoms with Crippen LogP contribution in [-0.4, -0.2) is 28.2 Å². The van der Waals surface area contributed by atoms with Gasteiger partial charge in [0.05, 0.1) is 6.16 Å². The number of unbranched alkanes of at least 4 members (excludes halogenated alkanes) is 1. The Kier molecular flexibility index (Phi) is 9.81. The minimum absolute atomic E-state index is 0.0689. The molecule has 0 saturated heterocycles. The normalized spacial score (nSPS) is 15.8. The lowest BCUT2D eigenvalue weighted by Gasteiger charge is -2.30. The first kappa shape index (κ1) is 25.5. The highest BCUT2D eigenvalue weighted by atomic mass is 32.2. The second-order valence-corrected chi connectivity index (χ2v) is 11.8. The summed E-state index contributed by atoms with van der Waals surface area (Å²) in [7, 11) is -3.88. The molecule has 2 aromatic carbocycles. The summed E-state index contributed by atoms with van der Waals surface area (Å²) in [4.78, 5) is 19.0. The average Bonchev–Trinajstić information content (AvgIpc) is 3.24. The molecule has 0 heterocycles. The van der Waals surface area contributed by atoms with Crippen LogP contribution in [0.4, 0.5) is 4.39 Å². The van der Waals surface area contributed by atoms with E-state index in [0.29, 0.717) is 19.5 Å². The van der Waals surface area contributed by atoms with E-state index in [-0.39, 0.29) is 17.4 Å². The fraction of sp³-hybridized carbons (Fsp3) is 0.520. The van der Waals surface area contributed by atoms with Crippen LogP contribution in [0, 0.1) is 5.82 Å². The quantitative estimate of drug-likeness (QED) is 0.180. The van der Waals surface area contributed by atoms with Crippen LogP contribution in [0.3, 0.4) is 0 Å². The van der Waals surface area contributed by atoms with Crippen LogP contribution >= 0.6 is 19.4 Å². The Balaban J connectivity index is 1.34. The second-order valence-electron chi connectivity index (χ2n) is 8.86. The fourth-order valence-electron chi connectivity index (χ4n) is 4.64. The molecule has 1 aliphatic carbocycles.